The number of fused-ring (bicyclic) bond motifs is 1. The zero-order valence-electron chi connectivity index (χ0n) is 21.8. The van der Waals surface area contributed by atoms with Gasteiger partial charge in [0.25, 0.3) is 0 Å². The van der Waals surface area contributed by atoms with Crippen LogP contribution in [0.2, 0.25) is 25.7 Å². The third-order valence-corrected chi connectivity index (χ3v) is 9.92. The number of imidazole rings is 2. The summed E-state index contributed by atoms with van der Waals surface area (Å²) in [6.45, 7) is 10.7. The number of nitrogens with two attached hydrogens (primary N) is 1. The van der Waals surface area contributed by atoms with Gasteiger partial charge in [-0.25, -0.2) is 22.4 Å². The zero-order valence-corrected chi connectivity index (χ0v) is 23.6. The smallest absolute Gasteiger partial charge is 0.244 e. The number of nitrogens with zero attached hydrogens (tertiary/aromatic N) is 4. The second-order valence-corrected chi connectivity index (χ2v) is 18.4. The van der Waals surface area contributed by atoms with Gasteiger partial charge >= 0.3 is 0 Å². The van der Waals surface area contributed by atoms with Crippen LogP contribution in [0, 0.1) is 0 Å². The van der Waals surface area contributed by atoms with Crippen molar-refractivity contribution in [3.05, 3.63) is 54.4 Å². The number of nitrogen functional groups attached to an aromatic ring is 1. The SMILES string of the molecule is CC(C)S(=O)(=O)n1c(N)nc2ccc(-c3c(-c4ccccc4)nc(C=O)n3COCC[Si](C)(C)C)cc21. The van der Waals surface area contributed by atoms with E-state index in [1.807, 2.05) is 36.4 Å². The number of hydrogen-bond donors (Lipinski definition) is 1. The van der Waals surface area contributed by atoms with Crippen LogP contribution in [0.5, 0.6) is 0 Å². The zero-order chi connectivity index (χ0) is 27.0. The number of carbonyl (C=O) groups excluding carboxylic acids is 1. The molecule has 37 heavy (non-hydrogen) atoms. The van der Waals surface area contributed by atoms with Crippen molar-refractivity contribution in [2.45, 2.75) is 51.5 Å². The molecule has 0 amide bonds. The number of aromatic nitrogens is 4. The summed E-state index contributed by atoms with van der Waals surface area (Å²) in [6.07, 6.45) is 0.710. The van der Waals surface area contributed by atoms with Crippen molar-refractivity contribution in [2.24, 2.45) is 0 Å². The molecule has 0 unspecified atom stereocenters. The van der Waals surface area contributed by atoms with E-state index in [2.05, 4.69) is 29.6 Å². The number of ether oxygens (including phenoxy) is 1. The van der Waals surface area contributed by atoms with Crippen LogP contribution in [0.4, 0.5) is 5.95 Å². The Bertz CT molecular complexity index is 1540. The third kappa shape index (κ3) is 5.38. The van der Waals surface area contributed by atoms with Gasteiger partial charge in [-0.2, -0.15) is 0 Å². The Hall–Kier alpha value is -3.28. The van der Waals surface area contributed by atoms with E-state index in [0.29, 0.717) is 40.9 Å². The minimum Gasteiger partial charge on any atom is -0.368 e. The first-order chi connectivity index (χ1) is 17.4. The summed E-state index contributed by atoms with van der Waals surface area (Å²) in [5.41, 5.74) is 9.61. The molecule has 0 aliphatic heterocycles. The molecular weight excluding hydrogens is 506 g/mol. The molecule has 0 aliphatic carbocycles. The Labute approximate surface area is 218 Å². The molecule has 2 heterocycles. The van der Waals surface area contributed by atoms with Gasteiger partial charge in [0.2, 0.25) is 16.0 Å². The molecule has 11 heteroatoms. The van der Waals surface area contributed by atoms with Gasteiger partial charge in [0.05, 0.1) is 27.7 Å². The second kappa shape index (κ2) is 10.2. The first kappa shape index (κ1) is 26.8. The van der Waals surface area contributed by atoms with Gasteiger partial charge in [-0.15, -0.1) is 0 Å². The summed E-state index contributed by atoms with van der Waals surface area (Å²) in [5, 5.41) is -0.692. The average Bonchev–Trinajstić information content (AvgIpc) is 3.38. The van der Waals surface area contributed by atoms with Gasteiger partial charge in [-0.3, -0.25) is 9.36 Å². The quantitative estimate of drug-likeness (QED) is 0.173. The van der Waals surface area contributed by atoms with E-state index in [9.17, 15) is 13.2 Å². The summed E-state index contributed by atoms with van der Waals surface area (Å²) in [5.74, 6) is 0.130. The normalized spacial score (nSPS) is 12.5. The Morgan fingerprint density at radius 3 is 2.38 bits per heavy atom. The molecule has 0 fully saturated rings. The van der Waals surface area contributed by atoms with Crippen molar-refractivity contribution in [2.75, 3.05) is 12.3 Å². The van der Waals surface area contributed by atoms with E-state index >= 15 is 0 Å². The predicted molar refractivity (Wildman–Crippen MR) is 150 cm³/mol. The minimum atomic E-state index is -3.76. The monoisotopic (exact) mass is 539 g/mol. The van der Waals surface area contributed by atoms with E-state index in [1.165, 1.54) is 0 Å². The third-order valence-electron chi connectivity index (χ3n) is 6.13. The van der Waals surface area contributed by atoms with Gasteiger partial charge in [-0.1, -0.05) is 56.0 Å². The molecule has 0 bridgehead atoms. The molecular formula is C26H33N5O4SSi. The molecule has 0 saturated heterocycles. The number of aldehydes is 1. The Kier molecular flexibility index (Phi) is 7.40. The van der Waals surface area contributed by atoms with Gasteiger partial charge in [-0.05, 0) is 32.0 Å². The standard InChI is InChI=1S/C26H33N5O4SSi/c1-18(2)36(33,34)31-22-15-20(11-12-21(22)28-26(31)27)25-24(19-9-7-6-8-10-19)29-23(16-32)30(25)17-35-13-14-37(3,4)5/h6-12,15-16,18H,13-14,17H2,1-5H3,(H2,27,28). The molecule has 2 N–H and O–H groups in total. The van der Waals surface area contributed by atoms with Crippen LogP contribution in [0.25, 0.3) is 33.5 Å². The highest BCUT2D eigenvalue weighted by Crippen LogP contribution is 2.35. The fraction of sp³-hybridized carbons (Fsp3) is 0.346. The average molecular weight is 540 g/mol. The van der Waals surface area contributed by atoms with E-state index in [1.54, 1.807) is 30.5 Å². The molecule has 4 rings (SSSR count). The number of anilines is 1. The maximum absolute atomic E-state index is 13.1. The molecule has 0 radical (unpaired) electrons. The maximum Gasteiger partial charge on any atom is 0.244 e. The van der Waals surface area contributed by atoms with Crippen LogP contribution < -0.4 is 5.73 Å². The fourth-order valence-electron chi connectivity index (χ4n) is 4.01. The van der Waals surface area contributed by atoms with E-state index in [0.717, 1.165) is 15.6 Å². The van der Waals surface area contributed by atoms with Crippen LogP contribution in [0.15, 0.2) is 48.5 Å². The first-order valence-corrected chi connectivity index (χ1v) is 17.4. The number of carbonyl (C=O) groups is 1. The van der Waals surface area contributed by atoms with E-state index in [-0.39, 0.29) is 18.5 Å². The summed E-state index contributed by atoms with van der Waals surface area (Å²) in [7, 11) is -5.07. The van der Waals surface area contributed by atoms with Gasteiger partial charge in [0, 0.05) is 25.8 Å². The van der Waals surface area contributed by atoms with Gasteiger partial charge in [0.1, 0.15) is 6.73 Å². The van der Waals surface area contributed by atoms with Crippen LogP contribution in [-0.4, -0.2) is 53.1 Å². The van der Waals surface area contributed by atoms with Gasteiger partial charge < -0.3 is 10.5 Å². The molecule has 0 saturated carbocycles. The molecule has 196 valence electrons. The lowest BCUT2D eigenvalue weighted by Crippen LogP contribution is -2.23. The molecule has 0 spiro atoms. The first-order valence-electron chi connectivity index (χ1n) is 12.2. The van der Waals surface area contributed by atoms with Crippen molar-refractivity contribution >= 4 is 41.4 Å². The van der Waals surface area contributed by atoms with Crippen LogP contribution >= 0.6 is 0 Å². The van der Waals surface area contributed by atoms with Crippen molar-refractivity contribution in [1.29, 1.82) is 0 Å². The summed E-state index contributed by atoms with van der Waals surface area (Å²) in [6, 6.07) is 15.8. The second-order valence-electron chi connectivity index (χ2n) is 10.5. The van der Waals surface area contributed by atoms with E-state index < -0.39 is 23.3 Å². The van der Waals surface area contributed by atoms with Gasteiger partial charge in [0.15, 0.2) is 12.1 Å². The van der Waals surface area contributed by atoms with Crippen molar-refractivity contribution in [3.8, 4) is 22.5 Å². The van der Waals surface area contributed by atoms with Crippen molar-refractivity contribution in [1.82, 2.24) is 18.5 Å². The summed E-state index contributed by atoms with van der Waals surface area (Å²) in [4.78, 5) is 21.0. The molecule has 0 atom stereocenters. The lowest BCUT2D eigenvalue weighted by atomic mass is 10.0. The molecule has 0 aliphatic rings. The molecule has 2 aromatic carbocycles. The Morgan fingerprint density at radius 1 is 1.05 bits per heavy atom. The van der Waals surface area contributed by atoms with Crippen LogP contribution in [-0.2, 0) is 21.5 Å². The number of hydrogen-bond acceptors (Lipinski definition) is 7. The Morgan fingerprint density at radius 2 is 1.76 bits per heavy atom. The highest BCUT2D eigenvalue weighted by molar-refractivity contribution is 7.90. The van der Waals surface area contributed by atoms with Crippen molar-refractivity contribution in [3.63, 3.8) is 0 Å². The number of benzene rings is 2. The highest BCUT2D eigenvalue weighted by Gasteiger charge is 2.26. The highest BCUT2D eigenvalue weighted by atomic mass is 32.2. The fourth-order valence-corrected chi connectivity index (χ4v) is 5.91. The largest absolute Gasteiger partial charge is 0.368 e. The molecule has 4 aromatic rings. The lowest BCUT2D eigenvalue weighted by molar-refractivity contribution is 0.0841. The topological polar surface area (TPSA) is 122 Å². The summed E-state index contributed by atoms with van der Waals surface area (Å²) < 4.78 is 35.0. The van der Waals surface area contributed by atoms with E-state index in [4.69, 9.17) is 10.5 Å². The molecule has 2 aromatic heterocycles. The van der Waals surface area contributed by atoms with Crippen molar-refractivity contribution < 1.29 is 17.9 Å². The van der Waals surface area contributed by atoms with Crippen LogP contribution in [0.1, 0.15) is 24.5 Å². The number of rotatable bonds is 10. The minimum absolute atomic E-state index is 0.0964. The Balaban J connectivity index is 1.91. The maximum atomic E-state index is 13.1. The lowest BCUT2D eigenvalue weighted by Gasteiger charge is -2.17. The summed E-state index contributed by atoms with van der Waals surface area (Å²) >= 11 is 0. The molecule has 9 nitrogen and oxygen atoms in total. The predicted octanol–water partition coefficient (Wildman–Crippen LogP) is 4.86. The van der Waals surface area contributed by atoms with Crippen LogP contribution in [0.3, 0.4) is 0 Å².